The Morgan fingerprint density at radius 1 is 0.614 bits per heavy atom. The van der Waals surface area contributed by atoms with Gasteiger partial charge in [0.2, 0.25) is 5.69 Å². The lowest BCUT2D eigenvalue weighted by Gasteiger charge is -2.24. The maximum Gasteiger partial charge on any atom is 0.220 e. The summed E-state index contributed by atoms with van der Waals surface area (Å²) in [7, 11) is 2.12. The summed E-state index contributed by atoms with van der Waals surface area (Å²) >= 11 is 0. The van der Waals surface area contributed by atoms with Crippen LogP contribution in [0.4, 0.5) is 4.39 Å². The molecule has 0 amide bonds. The van der Waals surface area contributed by atoms with E-state index in [0.717, 1.165) is 27.6 Å². The minimum absolute atomic E-state index is 0.145. The number of pyridine rings is 1. The van der Waals surface area contributed by atoms with Crippen LogP contribution in [-0.2, 0) is 12.5 Å². The topological polar surface area (TPSA) is 8.81 Å². The van der Waals surface area contributed by atoms with Gasteiger partial charge in [-0.25, -0.2) is 8.96 Å². The van der Waals surface area contributed by atoms with E-state index in [2.05, 4.69) is 141 Å². The van der Waals surface area contributed by atoms with Gasteiger partial charge in [-0.15, -0.1) is 0 Å². The number of aryl methyl sites for hydroxylation is 2. The molecule has 2 nitrogen and oxygen atoms in total. The summed E-state index contributed by atoms with van der Waals surface area (Å²) < 4.78 is 19.0. The zero-order valence-electron chi connectivity index (χ0n) is 25.7. The second kappa shape index (κ2) is 9.49. The highest BCUT2D eigenvalue weighted by molar-refractivity contribution is 6.13. The van der Waals surface area contributed by atoms with E-state index < -0.39 is 0 Å². The second-order valence-corrected chi connectivity index (χ2v) is 13.1. The molecule has 0 bridgehead atoms. The Morgan fingerprint density at radius 3 is 1.98 bits per heavy atom. The normalized spacial score (nSPS) is 12.3. The predicted octanol–water partition coefficient (Wildman–Crippen LogP) is 10.5. The molecule has 0 aliphatic rings. The van der Waals surface area contributed by atoms with Gasteiger partial charge in [0.1, 0.15) is 12.9 Å². The number of halogens is 1. The van der Waals surface area contributed by atoms with E-state index in [0.29, 0.717) is 0 Å². The van der Waals surface area contributed by atoms with Crippen molar-refractivity contribution in [2.45, 2.75) is 33.1 Å². The minimum atomic E-state index is -0.197. The van der Waals surface area contributed by atoms with Crippen LogP contribution in [0, 0.1) is 12.7 Å². The molecule has 0 saturated carbocycles. The molecule has 0 aliphatic heterocycles. The predicted molar refractivity (Wildman–Crippen MR) is 183 cm³/mol. The minimum Gasteiger partial charge on any atom is -0.309 e. The van der Waals surface area contributed by atoms with E-state index in [4.69, 9.17) is 0 Å². The molecule has 8 aromatic rings. The van der Waals surface area contributed by atoms with E-state index in [1.807, 2.05) is 6.07 Å². The summed E-state index contributed by atoms with van der Waals surface area (Å²) in [6.45, 7) is 8.78. The lowest BCUT2D eigenvalue weighted by Crippen LogP contribution is -2.31. The molecule has 214 valence electrons. The van der Waals surface area contributed by atoms with Gasteiger partial charge >= 0.3 is 0 Å². The summed E-state index contributed by atoms with van der Waals surface area (Å²) in [6.07, 6.45) is 2.17. The first-order valence-corrected chi connectivity index (χ1v) is 15.3. The summed E-state index contributed by atoms with van der Waals surface area (Å²) in [5.41, 5.74) is 8.11. The van der Waals surface area contributed by atoms with Crippen LogP contribution in [0.5, 0.6) is 0 Å². The zero-order chi connectivity index (χ0) is 30.3. The van der Waals surface area contributed by atoms with Crippen molar-refractivity contribution < 1.29 is 8.96 Å². The Hall–Kier alpha value is -5.02. The van der Waals surface area contributed by atoms with Gasteiger partial charge in [0.05, 0.1) is 22.0 Å². The Labute approximate surface area is 256 Å². The van der Waals surface area contributed by atoms with Gasteiger partial charge in [-0.05, 0) is 93.5 Å². The highest BCUT2D eigenvalue weighted by Gasteiger charge is 2.25. The third-order valence-corrected chi connectivity index (χ3v) is 9.39. The van der Waals surface area contributed by atoms with Crippen molar-refractivity contribution in [2.24, 2.45) is 7.05 Å². The molecule has 8 rings (SSSR count). The van der Waals surface area contributed by atoms with Crippen LogP contribution in [0.3, 0.4) is 0 Å². The van der Waals surface area contributed by atoms with Crippen molar-refractivity contribution in [3.05, 3.63) is 132 Å². The number of hydrogen-bond donors (Lipinski definition) is 0. The standard InChI is InChI=1S/C41H34FN2/c1-25-29-18-15-27(42)23-36(29)37(41(2,3)4)24-35(25)40-34-17-14-26-22-28(16-19-30(26)31(34)20-21-43(40)5)44-38-12-8-6-10-32(38)33-11-7-9-13-39(33)44/h6-24H,1-5H3/q+1. The maximum absolute atomic E-state index is 14.4. The van der Waals surface area contributed by atoms with Crippen LogP contribution >= 0.6 is 0 Å². The summed E-state index contributed by atoms with van der Waals surface area (Å²) in [5, 5.41) is 9.48. The van der Waals surface area contributed by atoms with E-state index >= 15 is 0 Å². The molecule has 6 aromatic carbocycles. The van der Waals surface area contributed by atoms with Crippen molar-refractivity contribution in [3.63, 3.8) is 0 Å². The van der Waals surface area contributed by atoms with Crippen molar-refractivity contribution in [2.75, 3.05) is 0 Å². The Morgan fingerprint density at radius 2 is 1.27 bits per heavy atom. The number of hydrogen-bond acceptors (Lipinski definition) is 0. The van der Waals surface area contributed by atoms with Gasteiger partial charge in [-0.1, -0.05) is 75.4 Å². The molecule has 44 heavy (non-hydrogen) atoms. The monoisotopic (exact) mass is 573 g/mol. The van der Waals surface area contributed by atoms with Crippen LogP contribution < -0.4 is 4.57 Å². The number of nitrogens with zero attached hydrogens (tertiary/aromatic N) is 2. The number of benzene rings is 6. The number of rotatable bonds is 2. The van der Waals surface area contributed by atoms with Crippen molar-refractivity contribution in [3.8, 4) is 16.9 Å². The van der Waals surface area contributed by atoms with Gasteiger partial charge in [0.25, 0.3) is 0 Å². The fourth-order valence-corrected chi connectivity index (χ4v) is 7.26. The van der Waals surface area contributed by atoms with Crippen LogP contribution in [0.15, 0.2) is 115 Å². The fourth-order valence-electron chi connectivity index (χ4n) is 7.26. The molecule has 0 N–H and O–H groups in total. The van der Waals surface area contributed by atoms with Crippen LogP contribution in [-0.4, -0.2) is 4.57 Å². The molecule has 0 atom stereocenters. The van der Waals surface area contributed by atoms with Crippen LogP contribution in [0.1, 0.15) is 31.9 Å². The SMILES string of the molecule is Cc1c(-c2c3ccc4cc(-n5c6ccccc6c6ccccc65)ccc4c3cc[n+]2C)cc(C(C)(C)C)c2cc(F)ccc12. The largest absolute Gasteiger partial charge is 0.309 e. The Balaban J connectivity index is 1.38. The zero-order valence-corrected chi connectivity index (χ0v) is 25.7. The van der Waals surface area contributed by atoms with Gasteiger partial charge in [-0.3, -0.25) is 0 Å². The first-order valence-electron chi connectivity index (χ1n) is 15.3. The molecule has 0 aliphatic carbocycles. The highest BCUT2D eigenvalue weighted by atomic mass is 19.1. The van der Waals surface area contributed by atoms with E-state index in [1.165, 1.54) is 54.6 Å². The first-order chi connectivity index (χ1) is 21.2. The average Bonchev–Trinajstić information content (AvgIpc) is 3.35. The van der Waals surface area contributed by atoms with E-state index in [9.17, 15) is 4.39 Å². The second-order valence-electron chi connectivity index (χ2n) is 13.1. The summed E-state index contributed by atoms with van der Waals surface area (Å²) in [4.78, 5) is 0. The van der Waals surface area contributed by atoms with E-state index in [1.54, 1.807) is 12.1 Å². The van der Waals surface area contributed by atoms with Crippen molar-refractivity contribution in [1.82, 2.24) is 4.57 Å². The third-order valence-electron chi connectivity index (χ3n) is 9.39. The highest BCUT2D eigenvalue weighted by Crippen LogP contribution is 2.40. The molecule has 0 saturated heterocycles. The van der Waals surface area contributed by atoms with Crippen LogP contribution in [0.25, 0.3) is 71.1 Å². The molecule has 0 fully saturated rings. The third kappa shape index (κ3) is 3.89. The summed E-state index contributed by atoms with van der Waals surface area (Å²) in [6, 6.07) is 38.4. The number of fused-ring (bicyclic) bond motifs is 7. The molecular weight excluding hydrogens is 539 g/mol. The molecule has 2 aromatic heterocycles. The molecule has 0 radical (unpaired) electrons. The Kier molecular flexibility index (Phi) is 5.74. The van der Waals surface area contributed by atoms with Gasteiger partial charge in [0, 0.05) is 27.9 Å². The average molecular weight is 574 g/mol. The van der Waals surface area contributed by atoms with Gasteiger partial charge < -0.3 is 4.57 Å². The van der Waals surface area contributed by atoms with Gasteiger partial charge in [0.15, 0.2) is 6.20 Å². The van der Waals surface area contributed by atoms with Crippen molar-refractivity contribution >= 4 is 54.1 Å². The molecule has 0 unspecified atom stereocenters. The molecular formula is C41H34FN2+. The molecule has 3 heteroatoms. The fraction of sp³-hybridized carbons (Fsp3) is 0.146. The smallest absolute Gasteiger partial charge is 0.220 e. The van der Waals surface area contributed by atoms with E-state index in [-0.39, 0.29) is 11.2 Å². The lowest BCUT2D eigenvalue weighted by molar-refractivity contribution is -0.659. The molecule has 0 spiro atoms. The lowest BCUT2D eigenvalue weighted by atomic mass is 9.80. The van der Waals surface area contributed by atoms with Crippen LogP contribution in [0.2, 0.25) is 0 Å². The molecule has 2 heterocycles. The Bertz CT molecular complexity index is 2400. The number of para-hydroxylation sites is 2. The quantitative estimate of drug-likeness (QED) is 0.144. The summed E-state index contributed by atoms with van der Waals surface area (Å²) in [5.74, 6) is -0.197. The van der Waals surface area contributed by atoms with Crippen molar-refractivity contribution in [1.29, 1.82) is 0 Å². The van der Waals surface area contributed by atoms with Gasteiger partial charge in [-0.2, -0.15) is 0 Å². The number of aromatic nitrogens is 2. The maximum atomic E-state index is 14.4. The first kappa shape index (κ1) is 26.6.